The Morgan fingerprint density at radius 3 is 2.40 bits per heavy atom. The summed E-state index contributed by atoms with van der Waals surface area (Å²) in [5.74, 6) is 0.529. The van der Waals surface area contributed by atoms with Crippen LogP contribution in [0.25, 0.3) is 0 Å². The van der Waals surface area contributed by atoms with Gasteiger partial charge < -0.3 is 10.7 Å². The second-order valence-corrected chi connectivity index (χ2v) is 4.39. The van der Waals surface area contributed by atoms with Gasteiger partial charge in [0.15, 0.2) is 0 Å². The Kier molecular flexibility index (Phi) is 3.09. The maximum absolute atomic E-state index is 11.4. The molecular weight excluding hydrogens is 188 g/mol. The zero-order valence-electron chi connectivity index (χ0n) is 8.96. The van der Waals surface area contributed by atoms with Gasteiger partial charge in [0.25, 0.3) is 5.56 Å². The molecule has 0 aromatic carbocycles. The lowest BCUT2D eigenvalue weighted by molar-refractivity contribution is 0.576. The quantitative estimate of drug-likeness (QED) is 0.693. The third-order valence-electron chi connectivity index (χ3n) is 3.26. The molecule has 1 heterocycles. The number of nitrogen functional groups attached to an aromatic ring is 1. The summed E-state index contributed by atoms with van der Waals surface area (Å²) in [5, 5.41) is 0. The normalized spacial score (nSPS) is 18.7. The number of H-pyrrole nitrogens is 1. The van der Waals surface area contributed by atoms with E-state index in [1.54, 1.807) is 6.07 Å². The van der Waals surface area contributed by atoms with Gasteiger partial charge in [-0.05, 0) is 30.9 Å². The summed E-state index contributed by atoms with van der Waals surface area (Å²) in [6.45, 7) is 0. The molecule has 3 nitrogen and oxygen atoms in total. The van der Waals surface area contributed by atoms with Crippen LogP contribution in [0.15, 0.2) is 16.9 Å². The Hall–Kier alpha value is -1.25. The van der Waals surface area contributed by atoms with Crippen molar-refractivity contribution in [2.24, 2.45) is 0 Å². The Morgan fingerprint density at radius 2 is 1.80 bits per heavy atom. The zero-order valence-corrected chi connectivity index (χ0v) is 8.96. The van der Waals surface area contributed by atoms with Gasteiger partial charge in [0.1, 0.15) is 0 Å². The number of nitrogens with one attached hydrogen (secondary N) is 1. The fraction of sp³-hybridized carbons (Fsp3) is 0.583. The summed E-state index contributed by atoms with van der Waals surface area (Å²) < 4.78 is 0. The number of hydrogen-bond donors (Lipinski definition) is 2. The van der Waals surface area contributed by atoms with Crippen LogP contribution < -0.4 is 11.3 Å². The highest BCUT2D eigenvalue weighted by Crippen LogP contribution is 2.29. The molecule has 0 bridgehead atoms. The van der Waals surface area contributed by atoms with Crippen LogP contribution in [0.3, 0.4) is 0 Å². The molecule has 3 N–H and O–H groups in total. The molecule has 0 saturated heterocycles. The van der Waals surface area contributed by atoms with Crippen molar-refractivity contribution in [2.75, 3.05) is 5.73 Å². The van der Waals surface area contributed by atoms with E-state index in [2.05, 4.69) is 4.98 Å². The number of pyridine rings is 1. The average molecular weight is 206 g/mol. The molecule has 1 aromatic heterocycles. The van der Waals surface area contributed by atoms with Gasteiger partial charge in [0, 0.05) is 5.69 Å². The third kappa shape index (κ3) is 2.41. The first-order valence-corrected chi connectivity index (χ1v) is 5.76. The summed E-state index contributed by atoms with van der Waals surface area (Å²) in [5.41, 5.74) is 6.74. The van der Waals surface area contributed by atoms with Crippen LogP contribution in [0.2, 0.25) is 0 Å². The van der Waals surface area contributed by atoms with Gasteiger partial charge in [0.05, 0.1) is 5.69 Å². The Labute approximate surface area is 89.7 Å². The first kappa shape index (κ1) is 10.3. The van der Waals surface area contributed by atoms with E-state index in [1.807, 2.05) is 6.07 Å². The van der Waals surface area contributed by atoms with Crippen molar-refractivity contribution < 1.29 is 0 Å². The van der Waals surface area contributed by atoms with Gasteiger partial charge in [-0.3, -0.25) is 4.79 Å². The van der Waals surface area contributed by atoms with Crippen molar-refractivity contribution in [3.63, 3.8) is 0 Å². The lowest BCUT2D eigenvalue weighted by atomic mass is 9.96. The Bertz CT molecular complexity index is 375. The smallest absolute Gasteiger partial charge is 0.271 e. The number of anilines is 1. The van der Waals surface area contributed by atoms with Crippen molar-refractivity contribution in [2.45, 2.75) is 44.4 Å². The van der Waals surface area contributed by atoms with Gasteiger partial charge in [-0.15, -0.1) is 0 Å². The molecule has 0 radical (unpaired) electrons. The molecule has 1 aromatic rings. The van der Waals surface area contributed by atoms with Gasteiger partial charge in [-0.25, -0.2) is 0 Å². The molecule has 2 rings (SSSR count). The topological polar surface area (TPSA) is 58.9 Å². The first-order chi connectivity index (χ1) is 7.27. The fourth-order valence-corrected chi connectivity index (χ4v) is 2.33. The second kappa shape index (κ2) is 4.51. The van der Waals surface area contributed by atoms with E-state index in [1.165, 1.54) is 38.5 Å². The molecule has 1 fully saturated rings. The van der Waals surface area contributed by atoms with Crippen LogP contribution in [-0.4, -0.2) is 4.98 Å². The number of rotatable bonds is 1. The van der Waals surface area contributed by atoms with Crippen LogP contribution in [0.1, 0.15) is 50.1 Å². The lowest BCUT2D eigenvalue weighted by Gasteiger charge is -2.13. The van der Waals surface area contributed by atoms with Crippen molar-refractivity contribution in [3.05, 3.63) is 28.2 Å². The minimum absolute atomic E-state index is 0.142. The molecule has 0 amide bonds. The van der Waals surface area contributed by atoms with Crippen LogP contribution in [-0.2, 0) is 0 Å². The molecule has 1 aliphatic rings. The number of hydrogen-bond acceptors (Lipinski definition) is 2. The second-order valence-electron chi connectivity index (χ2n) is 4.39. The van der Waals surface area contributed by atoms with E-state index in [-0.39, 0.29) is 5.56 Å². The highest BCUT2D eigenvalue weighted by atomic mass is 16.1. The highest BCUT2D eigenvalue weighted by molar-refractivity contribution is 5.35. The number of aromatic amines is 1. The predicted octanol–water partition coefficient (Wildman–Crippen LogP) is 2.39. The van der Waals surface area contributed by atoms with Crippen molar-refractivity contribution in [3.8, 4) is 0 Å². The zero-order chi connectivity index (χ0) is 10.7. The van der Waals surface area contributed by atoms with E-state index >= 15 is 0 Å². The minimum Gasteiger partial charge on any atom is -0.394 e. The maximum Gasteiger partial charge on any atom is 0.271 e. The molecule has 1 aliphatic carbocycles. The highest BCUT2D eigenvalue weighted by Gasteiger charge is 2.15. The minimum atomic E-state index is -0.142. The summed E-state index contributed by atoms with van der Waals surface area (Å²) in [6.07, 6.45) is 7.60. The first-order valence-electron chi connectivity index (χ1n) is 5.76. The van der Waals surface area contributed by atoms with E-state index in [0.717, 1.165) is 5.69 Å². The van der Waals surface area contributed by atoms with Crippen molar-refractivity contribution in [1.82, 2.24) is 4.98 Å². The van der Waals surface area contributed by atoms with Gasteiger partial charge in [-0.2, -0.15) is 0 Å². The molecule has 3 heteroatoms. The molecule has 1 saturated carbocycles. The SMILES string of the molecule is Nc1ccc(C2CCCCCC2)[nH]c1=O. The summed E-state index contributed by atoms with van der Waals surface area (Å²) in [6, 6.07) is 3.69. The Morgan fingerprint density at radius 1 is 1.13 bits per heavy atom. The number of nitrogens with two attached hydrogens (primary N) is 1. The molecule has 0 spiro atoms. The molecule has 0 unspecified atom stereocenters. The van der Waals surface area contributed by atoms with Crippen molar-refractivity contribution >= 4 is 5.69 Å². The summed E-state index contributed by atoms with van der Waals surface area (Å²) >= 11 is 0. The Balaban J connectivity index is 2.20. The van der Waals surface area contributed by atoms with Crippen LogP contribution >= 0.6 is 0 Å². The van der Waals surface area contributed by atoms with E-state index in [9.17, 15) is 4.79 Å². The number of aromatic nitrogens is 1. The maximum atomic E-state index is 11.4. The standard InChI is InChI=1S/C12H18N2O/c13-10-7-8-11(14-12(10)15)9-5-3-1-2-4-6-9/h7-9H,1-6,13H2,(H,14,15). The third-order valence-corrected chi connectivity index (χ3v) is 3.26. The summed E-state index contributed by atoms with van der Waals surface area (Å²) in [4.78, 5) is 14.3. The molecule has 0 aliphatic heterocycles. The molecule has 82 valence electrons. The van der Waals surface area contributed by atoms with Gasteiger partial charge in [-0.1, -0.05) is 25.7 Å². The molecule has 15 heavy (non-hydrogen) atoms. The van der Waals surface area contributed by atoms with E-state index in [0.29, 0.717) is 11.6 Å². The lowest BCUT2D eigenvalue weighted by Crippen LogP contribution is -2.15. The van der Waals surface area contributed by atoms with Crippen LogP contribution in [0.4, 0.5) is 5.69 Å². The van der Waals surface area contributed by atoms with E-state index in [4.69, 9.17) is 5.73 Å². The largest absolute Gasteiger partial charge is 0.394 e. The summed E-state index contributed by atoms with van der Waals surface area (Å²) in [7, 11) is 0. The molecular formula is C12H18N2O. The van der Waals surface area contributed by atoms with E-state index < -0.39 is 0 Å². The van der Waals surface area contributed by atoms with Crippen LogP contribution in [0, 0.1) is 0 Å². The monoisotopic (exact) mass is 206 g/mol. The van der Waals surface area contributed by atoms with Crippen molar-refractivity contribution in [1.29, 1.82) is 0 Å². The van der Waals surface area contributed by atoms with Gasteiger partial charge >= 0.3 is 0 Å². The predicted molar refractivity (Wildman–Crippen MR) is 61.9 cm³/mol. The van der Waals surface area contributed by atoms with Gasteiger partial charge in [0.2, 0.25) is 0 Å². The average Bonchev–Trinajstić information content (AvgIpc) is 2.50. The fourth-order valence-electron chi connectivity index (χ4n) is 2.33. The molecule has 0 atom stereocenters. The van der Waals surface area contributed by atoms with Crippen LogP contribution in [0.5, 0.6) is 0 Å².